The Labute approximate surface area is 238 Å². The van der Waals surface area contributed by atoms with E-state index < -0.39 is 28.7 Å². The van der Waals surface area contributed by atoms with Gasteiger partial charge in [0.05, 0.1) is 0 Å². The molecule has 0 radical (unpaired) electrons. The molecule has 0 spiro atoms. The maximum atomic E-state index is 13.9. The molecule has 0 atom stereocenters. The third-order valence-corrected chi connectivity index (χ3v) is 38.0. The molecule has 0 N–H and O–H groups in total. The van der Waals surface area contributed by atoms with Crippen LogP contribution in [-0.4, -0.2) is 26.5 Å². The van der Waals surface area contributed by atoms with Crippen molar-refractivity contribution in [3.8, 4) is 0 Å². The number of hydrogen-bond acceptors (Lipinski definition) is 3. The second-order valence-corrected chi connectivity index (χ2v) is 31.3. The summed E-state index contributed by atoms with van der Waals surface area (Å²) >= 11 is -3.17. The Balaban J connectivity index is 1.68. The van der Waals surface area contributed by atoms with Crippen molar-refractivity contribution in [2.24, 2.45) is 0 Å². The van der Waals surface area contributed by atoms with Crippen LogP contribution in [0.25, 0.3) is 10.9 Å². The van der Waals surface area contributed by atoms with Crippen LogP contribution in [0.4, 0.5) is 13.2 Å². The van der Waals surface area contributed by atoms with Gasteiger partial charge < -0.3 is 0 Å². The first-order valence-corrected chi connectivity index (χ1v) is 24.9. The maximum absolute atomic E-state index is 13.9. The van der Waals surface area contributed by atoms with Crippen molar-refractivity contribution in [2.75, 3.05) is 0 Å². The number of rotatable bonds is 8. The van der Waals surface area contributed by atoms with Gasteiger partial charge in [0.1, 0.15) is 0 Å². The Hall–Kier alpha value is -0.701. The molecular formula is C31H45F3N2OSSn. The molecule has 3 aliphatic carbocycles. The molecule has 1 aromatic heterocycles. The molecule has 39 heavy (non-hydrogen) atoms. The Morgan fingerprint density at radius 3 is 1.85 bits per heavy atom. The number of hydrogen-bond donors (Lipinski definition) is 0. The first-order chi connectivity index (χ1) is 18.8. The fourth-order valence-electron chi connectivity index (χ4n) is 8.04. The van der Waals surface area contributed by atoms with Crippen LogP contribution in [-0.2, 0) is 12.7 Å². The van der Waals surface area contributed by atoms with E-state index in [2.05, 4.69) is 15.9 Å². The summed E-state index contributed by atoms with van der Waals surface area (Å²) in [6, 6.07) is 3.51. The number of alkyl halides is 3. The summed E-state index contributed by atoms with van der Waals surface area (Å²) in [4.78, 5) is 18.9. The topological polar surface area (TPSA) is 34.9 Å². The van der Waals surface area contributed by atoms with Crippen molar-refractivity contribution in [3.63, 3.8) is 0 Å². The molecule has 2 aromatic rings. The third-order valence-electron chi connectivity index (χ3n) is 9.98. The molecule has 1 heterocycles. The van der Waals surface area contributed by atoms with E-state index >= 15 is 0 Å². The molecule has 0 unspecified atom stereocenters. The van der Waals surface area contributed by atoms with Gasteiger partial charge in [0.2, 0.25) is 0 Å². The molecule has 3 nitrogen and oxygen atoms in total. The van der Waals surface area contributed by atoms with E-state index in [0.29, 0.717) is 11.9 Å². The average Bonchev–Trinajstić information content (AvgIpc) is 2.96. The minimum absolute atomic E-state index is 0.152. The van der Waals surface area contributed by atoms with Gasteiger partial charge in [-0.15, -0.1) is 0 Å². The first kappa shape index (κ1) is 29.8. The van der Waals surface area contributed by atoms with E-state index in [4.69, 9.17) is 4.98 Å². The summed E-state index contributed by atoms with van der Waals surface area (Å²) in [5.74, 6) is 0. The summed E-state index contributed by atoms with van der Waals surface area (Å²) in [5, 5.41) is 1.08. The van der Waals surface area contributed by atoms with Crippen LogP contribution in [0, 0.1) is 0 Å². The number of halogens is 3. The molecule has 5 rings (SSSR count). The van der Waals surface area contributed by atoms with Crippen LogP contribution in [0.2, 0.25) is 11.8 Å². The van der Waals surface area contributed by atoms with Crippen molar-refractivity contribution >= 4 is 36.8 Å². The Morgan fingerprint density at radius 1 is 0.872 bits per heavy atom. The molecule has 0 aliphatic heterocycles. The standard InChI is InChI=1S/C13H13F3N2OS.3C6H11.Sn/c1-2-3-6-18-11(19)9-5-4-8(13(14,15)16)7-10(9)17-12(18)20;3*1-2-4-6-5-3-1;/h4-5,7H,2-3,6H2,1H3,(H,17,20);3*1H,2-6H2;/q;;;;+1/p-1. The van der Waals surface area contributed by atoms with E-state index in [1.54, 1.807) is 0 Å². The van der Waals surface area contributed by atoms with Crippen LogP contribution < -0.4 is 5.56 Å². The zero-order chi connectivity index (χ0) is 27.5. The van der Waals surface area contributed by atoms with Crippen LogP contribution in [0.15, 0.2) is 28.2 Å². The first-order valence-electron chi connectivity index (χ1n) is 15.7. The van der Waals surface area contributed by atoms with Crippen LogP contribution in [0.5, 0.6) is 0 Å². The Bertz CT molecular complexity index is 1120. The second kappa shape index (κ2) is 13.1. The number of fused-ring (bicyclic) bond motifs is 1. The zero-order valence-corrected chi connectivity index (χ0v) is 27.2. The van der Waals surface area contributed by atoms with E-state index in [0.717, 1.165) is 41.9 Å². The van der Waals surface area contributed by atoms with E-state index in [1.807, 2.05) is 4.57 Å². The quantitative estimate of drug-likeness (QED) is 0.207. The molecule has 0 bridgehead atoms. The molecular weight excluding hydrogens is 624 g/mol. The molecule has 216 valence electrons. The van der Waals surface area contributed by atoms with Crippen molar-refractivity contribution in [1.29, 1.82) is 0 Å². The molecule has 3 fully saturated rings. The molecule has 8 heteroatoms. The fourth-order valence-corrected chi connectivity index (χ4v) is 39.3. The second-order valence-electron chi connectivity index (χ2n) is 12.4. The normalized spacial score (nSPS) is 21.0. The monoisotopic (exact) mass is 670 g/mol. The van der Waals surface area contributed by atoms with Crippen LogP contribution in [0.3, 0.4) is 0 Å². The van der Waals surface area contributed by atoms with Gasteiger partial charge in [0.25, 0.3) is 0 Å². The molecule has 1 aromatic carbocycles. The van der Waals surface area contributed by atoms with E-state index in [9.17, 15) is 18.0 Å². The van der Waals surface area contributed by atoms with Crippen molar-refractivity contribution < 1.29 is 13.2 Å². The summed E-state index contributed by atoms with van der Waals surface area (Å²) in [6.45, 7) is 2.72. The predicted octanol–water partition coefficient (Wildman–Crippen LogP) is 10.3. The Kier molecular flexibility index (Phi) is 9.99. The van der Waals surface area contributed by atoms with Gasteiger partial charge in [-0.25, -0.2) is 0 Å². The van der Waals surface area contributed by atoms with Crippen LogP contribution in [0.1, 0.15) is 122 Å². The van der Waals surface area contributed by atoms with Crippen molar-refractivity contribution in [2.45, 2.75) is 146 Å². The number of benzene rings is 1. The summed E-state index contributed by atoms with van der Waals surface area (Å²) in [7, 11) is 2.06. The van der Waals surface area contributed by atoms with Gasteiger partial charge in [0.15, 0.2) is 0 Å². The summed E-state index contributed by atoms with van der Waals surface area (Å²) in [6.07, 6.45) is 17.2. The molecule has 3 saturated carbocycles. The van der Waals surface area contributed by atoms with Gasteiger partial charge in [-0.3, -0.25) is 0 Å². The number of aromatic nitrogens is 2. The van der Waals surface area contributed by atoms with Crippen LogP contribution >= 0.6 is 8.95 Å². The molecule has 3 aliphatic rings. The summed E-state index contributed by atoms with van der Waals surface area (Å²) < 4.78 is 45.2. The van der Waals surface area contributed by atoms with E-state index in [-0.39, 0.29) is 11.1 Å². The van der Waals surface area contributed by atoms with E-state index in [1.165, 1.54) is 102 Å². The third kappa shape index (κ3) is 6.39. The molecule has 0 saturated heterocycles. The van der Waals surface area contributed by atoms with Gasteiger partial charge in [-0.05, 0) is 0 Å². The minimum atomic E-state index is -4.45. The van der Waals surface area contributed by atoms with Crippen molar-refractivity contribution in [3.05, 3.63) is 34.1 Å². The average molecular weight is 669 g/mol. The fraction of sp³-hybridized carbons (Fsp3) is 0.742. The summed E-state index contributed by atoms with van der Waals surface area (Å²) in [5.41, 5.74) is -0.646. The van der Waals surface area contributed by atoms with Gasteiger partial charge >= 0.3 is 239 Å². The number of nitrogens with zero attached hydrogens (tertiary/aromatic N) is 2. The van der Waals surface area contributed by atoms with Gasteiger partial charge in [-0.2, -0.15) is 0 Å². The SMILES string of the molecule is CCCCn1c([S][Sn]([CH]2CCCCC2)([CH]2CCCCC2)[CH]2CCCCC2)nc2cc(C(F)(F)F)ccc2c1=O. The molecule has 0 amide bonds. The predicted molar refractivity (Wildman–Crippen MR) is 158 cm³/mol. The van der Waals surface area contributed by atoms with Crippen molar-refractivity contribution in [1.82, 2.24) is 9.55 Å². The zero-order valence-electron chi connectivity index (χ0n) is 23.5. The number of unbranched alkanes of at least 4 members (excludes halogenated alkanes) is 1. The Morgan fingerprint density at radius 2 is 1.38 bits per heavy atom. The van der Waals surface area contributed by atoms with Gasteiger partial charge in [0, 0.05) is 0 Å². The van der Waals surface area contributed by atoms with Gasteiger partial charge in [-0.1, -0.05) is 0 Å².